The summed E-state index contributed by atoms with van der Waals surface area (Å²) in [5, 5.41) is 5.21. The van der Waals surface area contributed by atoms with Crippen molar-refractivity contribution in [2.24, 2.45) is 12.8 Å². The zero-order chi connectivity index (χ0) is 18.4. The topological polar surface area (TPSA) is 94.1 Å². The van der Waals surface area contributed by atoms with Crippen LogP contribution in [0.1, 0.15) is 33.4 Å². The Hall–Kier alpha value is -3.22. The van der Waals surface area contributed by atoms with Crippen LogP contribution >= 0.6 is 0 Å². The highest BCUT2D eigenvalue weighted by Gasteiger charge is 2.37. The number of hydrogen-bond donors (Lipinski definition) is 1. The minimum atomic E-state index is -0.825. The Bertz CT molecular complexity index is 1040. The van der Waals surface area contributed by atoms with Gasteiger partial charge in [-0.25, -0.2) is 4.98 Å². The van der Waals surface area contributed by atoms with Gasteiger partial charge in [-0.15, -0.1) is 0 Å². The number of hydrogen-bond acceptors (Lipinski definition) is 4. The van der Waals surface area contributed by atoms with Gasteiger partial charge in [-0.1, -0.05) is 18.2 Å². The highest BCUT2D eigenvalue weighted by molar-refractivity contribution is 5.99. The Morgan fingerprint density at radius 1 is 1.27 bits per heavy atom. The van der Waals surface area contributed by atoms with Crippen molar-refractivity contribution in [1.29, 1.82) is 0 Å². The molecule has 1 atom stereocenters. The monoisotopic (exact) mass is 349 g/mol. The number of carbonyl (C=O) groups excluding carboxylic acids is 2. The van der Waals surface area contributed by atoms with Gasteiger partial charge >= 0.3 is 0 Å². The first-order valence-electron chi connectivity index (χ1n) is 8.45. The van der Waals surface area contributed by atoms with Crippen LogP contribution in [0.5, 0.6) is 0 Å². The maximum atomic E-state index is 13.2. The summed E-state index contributed by atoms with van der Waals surface area (Å²) in [6.45, 7) is 2.34. The second kappa shape index (κ2) is 5.94. The molecule has 0 fully saturated rings. The average molecular weight is 349 g/mol. The zero-order valence-electron chi connectivity index (χ0n) is 14.6. The van der Waals surface area contributed by atoms with E-state index in [2.05, 4.69) is 10.1 Å². The van der Waals surface area contributed by atoms with Gasteiger partial charge in [0.25, 0.3) is 5.91 Å². The summed E-state index contributed by atoms with van der Waals surface area (Å²) in [6, 6.07) is 8.62. The van der Waals surface area contributed by atoms with Gasteiger partial charge in [0, 0.05) is 36.7 Å². The van der Waals surface area contributed by atoms with Crippen molar-refractivity contribution >= 4 is 22.7 Å². The van der Waals surface area contributed by atoms with Crippen molar-refractivity contribution in [3.63, 3.8) is 0 Å². The Labute approximate surface area is 150 Å². The van der Waals surface area contributed by atoms with Gasteiger partial charge in [-0.2, -0.15) is 5.10 Å². The Kier molecular flexibility index (Phi) is 3.72. The highest BCUT2D eigenvalue weighted by Crippen LogP contribution is 2.30. The lowest BCUT2D eigenvalue weighted by molar-refractivity contribution is -0.123. The molecule has 4 rings (SSSR count). The molecule has 0 spiro atoms. The van der Waals surface area contributed by atoms with Gasteiger partial charge in [0.2, 0.25) is 5.91 Å². The van der Waals surface area contributed by atoms with Crippen molar-refractivity contribution in [3.8, 4) is 0 Å². The van der Waals surface area contributed by atoms with E-state index in [9.17, 15) is 9.59 Å². The van der Waals surface area contributed by atoms with E-state index in [1.165, 1.54) is 4.90 Å². The molecule has 0 saturated carbocycles. The molecule has 3 aromatic rings. The third-order valence-electron chi connectivity index (χ3n) is 4.96. The maximum Gasteiger partial charge on any atom is 0.273 e. The molecule has 1 unspecified atom stereocenters. The van der Waals surface area contributed by atoms with Crippen LogP contribution in [0.3, 0.4) is 0 Å². The van der Waals surface area contributed by atoms with Crippen LogP contribution in [0.2, 0.25) is 0 Å². The summed E-state index contributed by atoms with van der Waals surface area (Å²) < 4.78 is 1.73. The van der Waals surface area contributed by atoms with Gasteiger partial charge in [0.15, 0.2) is 0 Å². The van der Waals surface area contributed by atoms with Crippen LogP contribution in [0, 0.1) is 6.92 Å². The van der Waals surface area contributed by atoms with Crippen LogP contribution in [0.25, 0.3) is 10.9 Å². The number of pyridine rings is 1. The van der Waals surface area contributed by atoms with E-state index in [0.717, 1.165) is 22.2 Å². The molecule has 26 heavy (non-hydrogen) atoms. The fourth-order valence-corrected chi connectivity index (χ4v) is 3.67. The number of nitrogens with two attached hydrogens (primary N) is 1. The SMILES string of the molecule is Cc1cc(C(=O)N2CCc3c(cnn3C)C2C(N)=O)nc2ccccc12. The fraction of sp³-hybridized carbons (Fsp3) is 0.263. The molecule has 132 valence electrons. The molecule has 1 aliphatic heterocycles. The zero-order valence-corrected chi connectivity index (χ0v) is 14.6. The van der Waals surface area contributed by atoms with E-state index >= 15 is 0 Å². The molecule has 7 nitrogen and oxygen atoms in total. The molecule has 1 aliphatic rings. The highest BCUT2D eigenvalue weighted by atomic mass is 16.2. The second-order valence-electron chi connectivity index (χ2n) is 6.57. The third-order valence-corrected chi connectivity index (χ3v) is 4.96. The number of aryl methyl sites for hydroxylation is 2. The third kappa shape index (κ3) is 2.44. The summed E-state index contributed by atoms with van der Waals surface area (Å²) in [5.41, 5.74) is 9.29. The summed E-state index contributed by atoms with van der Waals surface area (Å²) in [6.07, 6.45) is 2.23. The van der Waals surface area contributed by atoms with E-state index < -0.39 is 11.9 Å². The van der Waals surface area contributed by atoms with Crippen LogP contribution < -0.4 is 5.73 Å². The number of fused-ring (bicyclic) bond motifs is 2. The first-order chi connectivity index (χ1) is 12.5. The molecule has 1 aromatic carbocycles. The fourth-order valence-electron chi connectivity index (χ4n) is 3.67. The van der Waals surface area contributed by atoms with Gasteiger partial charge in [-0.05, 0) is 24.6 Å². The summed E-state index contributed by atoms with van der Waals surface area (Å²) in [7, 11) is 1.82. The smallest absolute Gasteiger partial charge is 0.273 e. The number of amides is 2. The summed E-state index contributed by atoms with van der Waals surface area (Å²) in [4.78, 5) is 31.3. The predicted molar refractivity (Wildman–Crippen MR) is 96.4 cm³/mol. The Morgan fingerprint density at radius 2 is 2.04 bits per heavy atom. The van der Waals surface area contributed by atoms with Crippen molar-refractivity contribution in [1.82, 2.24) is 19.7 Å². The van der Waals surface area contributed by atoms with E-state index in [1.54, 1.807) is 16.9 Å². The maximum absolute atomic E-state index is 13.2. The molecule has 2 aromatic heterocycles. The lowest BCUT2D eigenvalue weighted by atomic mass is 9.97. The second-order valence-corrected chi connectivity index (χ2v) is 6.57. The number of carbonyl (C=O) groups is 2. The summed E-state index contributed by atoms with van der Waals surface area (Å²) >= 11 is 0. The number of rotatable bonds is 2. The van der Waals surface area contributed by atoms with Gasteiger partial charge in [0.05, 0.1) is 11.7 Å². The van der Waals surface area contributed by atoms with Crippen molar-refractivity contribution in [3.05, 3.63) is 59.0 Å². The standard InChI is InChI=1S/C19H19N5O2/c1-11-9-15(22-14-6-4-3-5-12(11)14)19(26)24-8-7-16-13(10-21-23(16)2)17(24)18(20)25/h3-6,9-10,17H,7-8H2,1-2H3,(H2,20,25). The molecule has 0 radical (unpaired) electrons. The van der Waals surface area contributed by atoms with E-state index in [1.807, 2.05) is 38.2 Å². The number of aromatic nitrogens is 3. The first kappa shape index (κ1) is 16.3. The molecular formula is C19H19N5O2. The van der Waals surface area contributed by atoms with Crippen LogP contribution in [0.15, 0.2) is 36.5 Å². The lowest BCUT2D eigenvalue weighted by Crippen LogP contribution is -2.46. The molecular weight excluding hydrogens is 330 g/mol. The first-order valence-corrected chi connectivity index (χ1v) is 8.45. The lowest BCUT2D eigenvalue weighted by Gasteiger charge is -2.33. The van der Waals surface area contributed by atoms with E-state index in [0.29, 0.717) is 24.2 Å². The average Bonchev–Trinajstić information content (AvgIpc) is 3.01. The molecule has 2 N–H and O–H groups in total. The molecule has 0 saturated heterocycles. The molecule has 2 amide bonds. The molecule has 0 bridgehead atoms. The quantitative estimate of drug-likeness (QED) is 0.758. The van der Waals surface area contributed by atoms with Crippen LogP contribution in [0.4, 0.5) is 0 Å². The van der Waals surface area contributed by atoms with Gasteiger partial charge in [0.1, 0.15) is 11.7 Å². The Morgan fingerprint density at radius 3 is 2.81 bits per heavy atom. The molecule has 3 heterocycles. The van der Waals surface area contributed by atoms with Crippen molar-refractivity contribution < 1.29 is 9.59 Å². The van der Waals surface area contributed by atoms with E-state index in [-0.39, 0.29) is 5.91 Å². The van der Waals surface area contributed by atoms with Crippen molar-refractivity contribution in [2.75, 3.05) is 6.54 Å². The predicted octanol–water partition coefficient (Wildman–Crippen LogP) is 1.50. The van der Waals surface area contributed by atoms with Gasteiger partial charge in [-0.3, -0.25) is 14.3 Å². The summed E-state index contributed by atoms with van der Waals surface area (Å²) in [5.74, 6) is -0.859. The van der Waals surface area contributed by atoms with E-state index in [4.69, 9.17) is 5.73 Å². The molecule has 0 aliphatic carbocycles. The minimum absolute atomic E-state index is 0.294. The number of nitrogens with zero attached hydrogens (tertiary/aromatic N) is 4. The normalized spacial score (nSPS) is 16.5. The largest absolute Gasteiger partial charge is 0.368 e. The Balaban J connectivity index is 1.77. The van der Waals surface area contributed by atoms with Gasteiger partial charge < -0.3 is 10.6 Å². The van der Waals surface area contributed by atoms with Crippen LogP contribution in [-0.4, -0.2) is 38.0 Å². The van der Waals surface area contributed by atoms with Crippen molar-refractivity contribution in [2.45, 2.75) is 19.4 Å². The number of benzene rings is 1. The molecule has 7 heteroatoms. The minimum Gasteiger partial charge on any atom is -0.368 e. The number of primary amides is 1. The van der Waals surface area contributed by atoms with Crippen LogP contribution in [-0.2, 0) is 18.3 Å². The number of para-hydroxylation sites is 1.